The molecule has 2 aliphatic carbocycles. The van der Waals surface area contributed by atoms with Gasteiger partial charge in [0.15, 0.2) is 0 Å². The van der Waals surface area contributed by atoms with Gasteiger partial charge in [-0.05, 0) is 52.4 Å². The number of carbonyl (C=O) groups is 2. The van der Waals surface area contributed by atoms with E-state index >= 15 is 0 Å². The summed E-state index contributed by atoms with van der Waals surface area (Å²) in [7, 11) is 0. The van der Waals surface area contributed by atoms with E-state index in [4.69, 9.17) is 15.2 Å². The molecule has 2 fully saturated rings. The fraction of sp³-hybridized carbons (Fsp3) is 0.905. The quantitative estimate of drug-likeness (QED) is 0.685. The van der Waals surface area contributed by atoms with E-state index in [1.807, 2.05) is 6.92 Å². The van der Waals surface area contributed by atoms with Crippen LogP contribution in [0.5, 0.6) is 0 Å². The number of Topliss-reactive ketones (excluding diaryl/α,β-unsaturated/α-hetero) is 1. The Bertz CT molecular complexity index is 403. The van der Waals surface area contributed by atoms with Crippen LogP contribution in [0.2, 0.25) is 0 Å². The molecule has 5 heteroatoms. The molecule has 2 N–H and O–H groups in total. The fourth-order valence-electron chi connectivity index (χ4n) is 3.76. The summed E-state index contributed by atoms with van der Waals surface area (Å²) in [6.45, 7) is 6.55. The first-order chi connectivity index (χ1) is 12.4. The summed E-state index contributed by atoms with van der Waals surface area (Å²) >= 11 is 0. The molecule has 0 aromatic carbocycles. The van der Waals surface area contributed by atoms with Crippen LogP contribution in [0.1, 0.15) is 92.8 Å². The molecule has 0 bridgehead atoms. The predicted octanol–water partition coefficient (Wildman–Crippen LogP) is 4.41. The minimum absolute atomic E-state index is 0. The van der Waals surface area contributed by atoms with E-state index in [0.29, 0.717) is 36.9 Å². The molecule has 26 heavy (non-hydrogen) atoms. The largest absolute Gasteiger partial charge is 0.378 e. The highest BCUT2D eigenvalue weighted by molar-refractivity contribution is 5.80. The maximum atomic E-state index is 11.2. The van der Waals surface area contributed by atoms with Crippen LogP contribution >= 0.6 is 0 Å². The van der Waals surface area contributed by atoms with Crippen molar-refractivity contribution in [3.8, 4) is 0 Å². The summed E-state index contributed by atoms with van der Waals surface area (Å²) in [5.41, 5.74) is 5.05. The van der Waals surface area contributed by atoms with Crippen LogP contribution in [0.3, 0.4) is 0 Å². The molecule has 2 aliphatic rings. The Morgan fingerprint density at radius 2 is 1.58 bits per heavy atom. The summed E-state index contributed by atoms with van der Waals surface area (Å²) in [5, 5.41) is 0. The number of hydrogen-bond acceptors (Lipinski definition) is 4. The van der Waals surface area contributed by atoms with E-state index in [0.717, 1.165) is 44.9 Å². The molecule has 0 aromatic heterocycles. The summed E-state index contributed by atoms with van der Waals surface area (Å²) in [5.74, 6) is 0.621. The lowest BCUT2D eigenvalue weighted by atomic mass is 9.85. The number of nitrogens with two attached hydrogens (primary N) is 1. The fourth-order valence-corrected chi connectivity index (χ4v) is 3.76. The first-order valence-electron chi connectivity index (χ1n) is 10.5. The van der Waals surface area contributed by atoms with Crippen LogP contribution in [-0.2, 0) is 19.1 Å². The van der Waals surface area contributed by atoms with Gasteiger partial charge in [0.2, 0.25) is 5.91 Å². The van der Waals surface area contributed by atoms with Crippen molar-refractivity contribution < 1.29 is 20.5 Å². The number of carbonyl (C=O) groups excluding carboxylic acids is 2. The molecule has 0 spiro atoms. The lowest BCUT2D eigenvalue weighted by Crippen LogP contribution is -2.29. The second-order valence-electron chi connectivity index (χ2n) is 7.83. The molecule has 0 atom stereocenters. The zero-order valence-electron chi connectivity index (χ0n) is 17.0. The van der Waals surface area contributed by atoms with Crippen LogP contribution in [0, 0.1) is 5.92 Å². The van der Waals surface area contributed by atoms with Gasteiger partial charge in [-0.1, -0.05) is 26.2 Å². The van der Waals surface area contributed by atoms with Crippen molar-refractivity contribution in [2.24, 2.45) is 11.7 Å². The molecule has 0 unspecified atom stereocenters. The standard InChI is InChI=1S/C12H23NO3.C9H16O.H2/c1-9(2)16-11-5-3-10(4-6-11)15-8-7-12(13)14;1-2-9(10)8-6-4-3-5-7-8;/h9-11H,3-8H2,1-2H3,(H2,13,14);8H,2-7H2,1H3;1H. The average molecular weight is 372 g/mol. The van der Waals surface area contributed by atoms with Crippen LogP contribution < -0.4 is 5.73 Å². The summed E-state index contributed by atoms with van der Waals surface area (Å²) in [4.78, 5) is 21.7. The number of hydrogen-bond donors (Lipinski definition) is 1. The smallest absolute Gasteiger partial charge is 0.219 e. The predicted molar refractivity (Wildman–Crippen MR) is 106 cm³/mol. The minimum Gasteiger partial charge on any atom is -0.378 e. The number of ketones is 1. The van der Waals surface area contributed by atoms with Crippen molar-refractivity contribution in [1.82, 2.24) is 0 Å². The molecule has 154 valence electrons. The van der Waals surface area contributed by atoms with Gasteiger partial charge in [0, 0.05) is 20.2 Å². The molecule has 0 aliphatic heterocycles. The van der Waals surface area contributed by atoms with Gasteiger partial charge in [0.05, 0.1) is 24.9 Å². The molecule has 1 amide bonds. The van der Waals surface area contributed by atoms with Crippen molar-refractivity contribution in [2.45, 2.75) is 110 Å². The second-order valence-corrected chi connectivity index (χ2v) is 7.83. The van der Waals surface area contributed by atoms with E-state index in [2.05, 4.69) is 13.8 Å². The van der Waals surface area contributed by atoms with E-state index < -0.39 is 0 Å². The van der Waals surface area contributed by atoms with E-state index in [1.54, 1.807) is 0 Å². The summed E-state index contributed by atoms with van der Waals surface area (Å²) < 4.78 is 11.3. The number of ether oxygens (including phenoxy) is 2. The molecule has 5 nitrogen and oxygen atoms in total. The molecule has 2 rings (SSSR count). The second kappa shape index (κ2) is 13.3. The van der Waals surface area contributed by atoms with Gasteiger partial charge in [0.1, 0.15) is 5.78 Å². The SMILES string of the molecule is CC(C)OC1CCC(OCCC(N)=O)CC1.CCC(=O)C1CCCCC1.[HH]. The highest BCUT2D eigenvalue weighted by atomic mass is 16.5. The normalized spacial score (nSPS) is 24.0. The maximum Gasteiger partial charge on any atom is 0.219 e. The van der Waals surface area contributed by atoms with Crippen molar-refractivity contribution in [1.29, 1.82) is 0 Å². The van der Waals surface area contributed by atoms with Gasteiger partial charge in [-0.15, -0.1) is 0 Å². The van der Waals surface area contributed by atoms with E-state index in [9.17, 15) is 9.59 Å². The third-order valence-electron chi connectivity index (χ3n) is 5.20. The van der Waals surface area contributed by atoms with Crippen LogP contribution in [0.25, 0.3) is 0 Å². The van der Waals surface area contributed by atoms with Crippen LogP contribution in [-0.4, -0.2) is 36.6 Å². The Kier molecular flexibility index (Phi) is 11.8. The monoisotopic (exact) mass is 371 g/mol. The van der Waals surface area contributed by atoms with Gasteiger partial charge in [-0.3, -0.25) is 9.59 Å². The number of rotatable bonds is 8. The Hall–Kier alpha value is -0.940. The zero-order valence-corrected chi connectivity index (χ0v) is 17.0. The molecular formula is C21H41NO4. The Morgan fingerprint density at radius 3 is 2.08 bits per heavy atom. The maximum absolute atomic E-state index is 11.2. The molecule has 0 radical (unpaired) electrons. The molecule has 0 saturated heterocycles. The highest BCUT2D eigenvalue weighted by Crippen LogP contribution is 2.25. The minimum atomic E-state index is -0.295. The van der Waals surface area contributed by atoms with Gasteiger partial charge < -0.3 is 15.2 Å². The Labute approximate surface area is 160 Å². The topological polar surface area (TPSA) is 78.6 Å². The lowest BCUT2D eigenvalue weighted by molar-refractivity contribution is -0.123. The van der Waals surface area contributed by atoms with Crippen molar-refractivity contribution >= 4 is 11.7 Å². The third-order valence-corrected chi connectivity index (χ3v) is 5.20. The van der Waals surface area contributed by atoms with Gasteiger partial charge in [-0.25, -0.2) is 0 Å². The average Bonchev–Trinajstić information content (AvgIpc) is 2.63. The summed E-state index contributed by atoms with van der Waals surface area (Å²) in [6.07, 6.45) is 12.4. The zero-order chi connectivity index (χ0) is 19.4. The lowest BCUT2D eigenvalue weighted by Gasteiger charge is -2.29. The van der Waals surface area contributed by atoms with E-state index in [1.165, 1.54) is 19.3 Å². The molecule has 2 saturated carbocycles. The van der Waals surface area contributed by atoms with Crippen LogP contribution in [0.4, 0.5) is 0 Å². The van der Waals surface area contributed by atoms with Gasteiger partial charge in [0.25, 0.3) is 0 Å². The molecule has 0 aromatic rings. The first kappa shape index (κ1) is 23.1. The summed E-state index contributed by atoms with van der Waals surface area (Å²) in [6, 6.07) is 0. The van der Waals surface area contributed by atoms with Crippen molar-refractivity contribution in [3.05, 3.63) is 0 Å². The number of amides is 1. The van der Waals surface area contributed by atoms with E-state index in [-0.39, 0.29) is 13.4 Å². The van der Waals surface area contributed by atoms with Crippen molar-refractivity contribution in [3.63, 3.8) is 0 Å². The first-order valence-corrected chi connectivity index (χ1v) is 10.5. The van der Waals surface area contributed by atoms with Crippen molar-refractivity contribution in [2.75, 3.05) is 6.61 Å². The highest BCUT2D eigenvalue weighted by Gasteiger charge is 2.22. The molecular weight excluding hydrogens is 330 g/mol. The van der Waals surface area contributed by atoms with Gasteiger partial charge >= 0.3 is 0 Å². The Balaban J connectivity index is 0.000000531. The van der Waals surface area contributed by atoms with Gasteiger partial charge in [-0.2, -0.15) is 0 Å². The Morgan fingerprint density at radius 1 is 1.00 bits per heavy atom. The molecule has 0 heterocycles. The number of primary amides is 1. The van der Waals surface area contributed by atoms with Crippen LogP contribution in [0.15, 0.2) is 0 Å². The third kappa shape index (κ3) is 10.3.